The minimum atomic E-state index is -0.454. The summed E-state index contributed by atoms with van der Waals surface area (Å²) >= 11 is 0. The second kappa shape index (κ2) is 4.80. The number of rotatable bonds is 2. The van der Waals surface area contributed by atoms with Crippen LogP contribution >= 0.6 is 0 Å². The lowest BCUT2D eigenvalue weighted by Crippen LogP contribution is -2.35. The number of non-ortho nitro benzene ring substituents is 1. The van der Waals surface area contributed by atoms with Gasteiger partial charge in [0.15, 0.2) is 5.76 Å². The van der Waals surface area contributed by atoms with E-state index in [0.717, 1.165) is 18.4 Å². The van der Waals surface area contributed by atoms with Crippen LogP contribution < -0.4 is 4.90 Å². The van der Waals surface area contributed by atoms with Gasteiger partial charge < -0.3 is 9.32 Å². The highest BCUT2D eigenvalue weighted by Gasteiger charge is 2.26. The monoisotopic (exact) mass is 272 g/mol. The lowest BCUT2D eigenvalue weighted by atomic mass is 10.0. The number of carbonyl (C=O) groups is 1. The van der Waals surface area contributed by atoms with Gasteiger partial charge in [-0.3, -0.25) is 14.9 Å². The number of aryl methyl sites for hydroxylation is 1. The molecule has 3 rings (SSSR count). The highest BCUT2D eigenvalue weighted by Crippen LogP contribution is 2.31. The van der Waals surface area contributed by atoms with Gasteiger partial charge in [0.25, 0.3) is 11.6 Å². The zero-order valence-electron chi connectivity index (χ0n) is 10.6. The molecule has 0 saturated carbocycles. The first-order valence-electron chi connectivity index (χ1n) is 6.29. The molecule has 0 saturated heterocycles. The van der Waals surface area contributed by atoms with Crippen LogP contribution in [-0.2, 0) is 6.42 Å². The molecule has 1 amide bonds. The summed E-state index contributed by atoms with van der Waals surface area (Å²) in [4.78, 5) is 24.3. The molecule has 0 radical (unpaired) electrons. The predicted octanol–water partition coefficient (Wildman–Crippen LogP) is 2.78. The Morgan fingerprint density at radius 2 is 2.20 bits per heavy atom. The molecule has 6 nitrogen and oxygen atoms in total. The van der Waals surface area contributed by atoms with Crippen molar-refractivity contribution >= 4 is 17.3 Å². The molecule has 0 bridgehead atoms. The van der Waals surface area contributed by atoms with E-state index in [4.69, 9.17) is 4.42 Å². The van der Waals surface area contributed by atoms with Gasteiger partial charge in [-0.1, -0.05) is 6.07 Å². The van der Waals surface area contributed by atoms with E-state index in [1.54, 1.807) is 23.1 Å². The lowest BCUT2D eigenvalue weighted by molar-refractivity contribution is -0.384. The summed E-state index contributed by atoms with van der Waals surface area (Å²) in [5.74, 6) is -0.0270. The number of hydrogen-bond donors (Lipinski definition) is 0. The zero-order valence-corrected chi connectivity index (χ0v) is 10.6. The second-order valence-electron chi connectivity index (χ2n) is 4.61. The van der Waals surface area contributed by atoms with Crippen molar-refractivity contribution in [2.24, 2.45) is 0 Å². The minimum Gasteiger partial charge on any atom is -0.459 e. The van der Waals surface area contributed by atoms with Crippen LogP contribution in [0.5, 0.6) is 0 Å². The second-order valence-corrected chi connectivity index (χ2v) is 4.61. The Balaban J connectivity index is 2.02. The molecule has 2 heterocycles. The molecule has 0 fully saturated rings. The van der Waals surface area contributed by atoms with Crippen molar-refractivity contribution in [3.8, 4) is 0 Å². The number of nitro benzene ring substituents is 1. The topological polar surface area (TPSA) is 76.6 Å². The third-order valence-electron chi connectivity index (χ3n) is 3.38. The van der Waals surface area contributed by atoms with E-state index in [9.17, 15) is 14.9 Å². The Morgan fingerprint density at radius 3 is 2.90 bits per heavy atom. The van der Waals surface area contributed by atoms with Gasteiger partial charge in [-0.05, 0) is 30.5 Å². The van der Waals surface area contributed by atoms with Crippen molar-refractivity contribution in [1.82, 2.24) is 0 Å². The number of furan rings is 1. The number of carbonyl (C=O) groups excluding carboxylic acids is 1. The van der Waals surface area contributed by atoms with Gasteiger partial charge in [0.1, 0.15) is 0 Å². The van der Waals surface area contributed by atoms with Gasteiger partial charge >= 0.3 is 0 Å². The van der Waals surface area contributed by atoms with E-state index in [0.29, 0.717) is 12.2 Å². The molecule has 1 aliphatic heterocycles. The van der Waals surface area contributed by atoms with Crippen LogP contribution in [-0.4, -0.2) is 17.4 Å². The van der Waals surface area contributed by atoms with Crippen LogP contribution in [0, 0.1) is 10.1 Å². The third kappa shape index (κ3) is 2.05. The Morgan fingerprint density at radius 1 is 1.35 bits per heavy atom. The van der Waals surface area contributed by atoms with E-state index in [1.165, 1.54) is 18.4 Å². The summed E-state index contributed by atoms with van der Waals surface area (Å²) in [6.07, 6.45) is 3.08. The normalized spacial score (nSPS) is 13.9. The number of benzene rings is 1. The van der Waals surface area contributed by atoms with Crippen molar-refractivity contribution in [3.05, 3.63) is 58.0 Å². The average molecular weight is 272 g/mol. The molecule has 0 spiro atoms. The summed E-state index contributed by atoms with van der Waals surface area (Å²) in [5, 5.41) is 10.9. The van der Waals surface area contributed by atoms with Crippen LogP contribution in [0.25, 0.3) is 0 Å². The number of fused-ring (bicyclic) bond motifs is 1. The van der Waals surface area contributed by atoms with Gasteiger partial charge in [0.2, 0.25) is 0 Å². The Kier molecular flexibility index (Phi) is 2.98. The van der Waals surface area contributed by atoms with Gasteiger partial charge in [0.05, 0.1) is 16.9 Å². The fourth-order valence-corrected chi connectivity index (χ4v) is 2.42. The fraction of sp³-hybridized carbons (Fsp3) is 0.214. The first kappa shape index (κ1) is 12.4. The van der Waals surface area contributed by atoms with Crippen molar-refractivity contribution in [2.75, 3.05) is 11.4 Å². The molecule has 0 aliphatic carbocycles. The van der Waals surface area contributed by atoms with Crippen molar-refractivity contribution in [2.45, 2.75) is 12.8 Å². The molecule has 0 unspecified atom stereocenters. The standard InChI is InChI=1S/C14H12N2O4/c17-14(13-4-2-8-20-13)15-7-1-3-10-5-6-11(16(18)19)9-12(10)15/h2,4-6,8-9H,1,3,7H2. The maximum atomic E-state index is 12.4. The Bertz CT molecular complexity index is 664. The zero-order chi connectivity index (χ0) is 14.1. The van der Waals surface area contributed by atoms with Crippen LogP contribution in [0.2, 0.25) is 0 Å². The molecule has 0 atom stereocenters. The molecule has 102 valence electrons. The summed E-state index contributed by atoms with van der Waals surface area (Å²) in [6, 6.07) is 7.88. The molecule has 1 aliphatic rings. The first-order chi connectivity index (χ1) is 9.66. The van der Waals surface area contributed by atoms with E-state index in [1.807, 2.05) is 0 Å². The summed E-state index contributed by atoms with van der Waals surface area (Å²) < 4.78 is 5.12. The minimum absolute atomic E-state index is 0.0112. The number of hydrogen-bond acceptors (Lipinski definition) is 4. The van der Waals surface area contributed by atoms with Crippen LogP contribution in [0.15, 0.2) is 41.0 Å². The maximum Gasteiger partial charge on any atom is 0.293 e. The Hall–Kier alpha value is -2.63. The molecular formula is C14H12N2O4. The van der Waals surface area contributed by atoms with E-state index >= 15 is 0 Å². The smallest absolute Gasteiger partial charge is 0.293 e. The third-order valence-corrected chi connectivity index (χ3v) is 3.38. The highest BCUT2D eigenvalue weighted by atomic mass is 16.6. The van der Waals surface area contributed by atoms with Crippen molar-refractivity contribution in [3.63, 3.8) is 0 Å². The maximum absolute atomic E-state index is 12.4. The molecular weight excluding hydrogens is 260 g/mol. The van der Waals surface area contributed by atoms with Crippen LogP contribution in [0.4, 0.5) is 11.4 Å². The number of nitrogens with zero attached hydrogens (tertiary/aromatic N) is 2. The molecule has 0 N–H and O–H groups in total. The molecule has 20 heavy (non-hydrogen) atoms. The van der Waals surface area contributed by atoms with E-state index in [2.05, 4.69) is 0 Å². The quantitative estimate of drug-likeness (QED) is 0.622. The van der Waals surface area contributed by atoms with Crippen molar-refractivity contribution < 1.29 is 14.1 Å². The number of nitro groups is 1. The highest BCUT2D eigenvalue weighted by molar-refractivity contribution is 6.05. The van der Waals surface area contributed by atoms with E-state index in [-0.39, 0.29) is 17.4 Å². The number of amides is 1. The summed E-state index contributed by atoms with van der Waals surface area (Å²) in [5.41, 5.74) is 1.54. The molecule has 1 aromatic heterocycles. The van der Waals surface area contributed by atoms with Gasteiger partial charge in [-0.25, -0.2) is 0 Å². The Labute approximate surface area is 114 Å². The lowest BCUT2D eigenvalue weighted by Gasteiger charge is -2.28. The molecule has 2 aromatic rings. The molecule has 6 heteroatoms. The average Bonchev–Trinajstić information content (AvgIpc) is 2.99. The summed E-state index contributed by atoms with van der Waals surface area (Å²) in [7, 11) is 0. The van der Waals surface area contributed by atoms with Gasteiger partial charge in [-0.2, -0.15) is 0 Å². The van der Waals surface area contributed by atoms with Gasteiger partial charge in [-0.15, -0.1) is 0 Å². The number of anilines is 1. The summed E-state index contributed by atoms with van der Waals surface area (Å²) in [6.45, 7) is 0.535. The van der Waals surface area contributed by atoms with Crippen LogP contribution in [0.1, 0.15) is 22.5 Å². The fourth-order valence-electron chi connectivity index (χ4n) is 2.42. The predicted molar refractivity (Wildman–Crippen MR) is 71.8 cm³/mol. The largest absolute Gasteiger partial charge is 0.459 e. The van der Waals surface area contributed by atoms with Crippen LogP contribution in [0.3, 0.4) is 0 Å². The first-order valence-corrected chi connectivity index (χ1v) is 6.29. The van der Waals surface area contributed by atoms with E-state index < -0.39 is 4.92 Å². The van der Waals surface area contributed by atoms with Gasteiger partial charge in [0, 0.05) is 18.7 Å². The molecule has 1 aromatic carbocycles. The van der Waals surface area contributed by atoms with Crippen molar-refractivity contribution in [1.29, 1.82) is 0 Å². The SMILES string of the molecule is O=C(c1ccco1)N1CCCc2ccc([N+](=O)[O-])cc21.